The predicted molar refractivity (Wildman–Crippen MR) is 231 cm³/mol. The highest BCUT2D eigenvalue weighted by Gasteiger charge is 2.54. The van der Waals surface area contributed by atoms with Crippen molar-refractivity contribution in [3.8, 4) is 0 Å². The van der Waals surface area contributed by atoms with Gasteiger partial charge < -0.3 is 68.7 Å². The normalized spacial score (nSPS) is 43.1. The Morgan fingerprint density at radius 3 is 2.13 bits per heavy atom. The molecule has 3 aliphatic rings. The van der Waals surface area contributed by atoms with E-state index < -0.39 is 114 Å². The third-order valence-corrected chi connectivity index (χ3v) is 13.4. The van der Waals surface area contributed by atoms with Gasteiger partial charge in [0.1, 0.15) is 29.5 Å². The Balaban J connectivity index is 2.15. The van der Waals surface area contributed by atoms with Crippen molar-refractivity contribution in [2.24, 2.45) is 23.7 Å². The van der Waals surface area contributed by atoms with Crippen molar-refractivity contribution in [1.29, 1.82) is 0 Å². The first-order valence-corrected chi connectivity index (χ1v) is 22.6. The van der Waals surface area contributed by atoms with E-state index in [1.165, 1.54) is 21.1 Å². The summed E-state index contributed by atoms with van der Waals surface area (Å²) in [6.45, 7) is 22.6. The molecule has 0 bridgehead atoms. The summed E-state index contributed by atoms with van der Waals surface area (Å²) in [5.74, 6) is -3.68. The molecule has 0 aliphatic carbocycles. The quantitative estimate of drug-likeness (QED) is 0.125. The lowest BCUT2D eigenvalue weighted by molar-refractivity contribution is -0.320. The minimum Gasteiger partial charge on any atom is -0.459 e. The van der Waals surface area contributed by atoms with Gasteiger partial charge >= 0.3 is 11.9 Å². The lowest BCUT2D eigenvalue weighted by Gasteiger charge is -2.49. The molecule has 1 amide bonds. The van der Waals surface area contributed by atoms with Crippen LogP contribution in [0.2, 0.25) is 0 Å². The number of amides is 1. The number of methoxy groups -OCH3 is 2. The smallest absolute Gasteiger partial charge is 0.311 e. The van der Waals surface area contributed by atoms with E-state index in [1.54, 1.807) is 41.5 Å². The number of nitrogens with zero attached hydrogens (tertiary/aromatic N) is 1. The average molecular weight is 890 g/mol. The van der Waals surface area contributed by atoms with E-state index in [4.69, 9.17) is 37.9 Å². The maximum Gasteiger partial charge on any atom is 0.311 e. The summed E-state index contributed by atoms with van der Waals surface area (Å²) in [5.41, 5.74) is -4.34. The van der Waals surface area contributed by atoms with Gasteiger partial charge in [0.15, 0.2) is 18.7 Å². The van der Waals surface area contributed by atoms with Crippen LogP contribution in [-0.2, 0) is 52.3 Å². The van der Waals surface area contributed by atoms with E-state index in [-0.39, 0.29) is 37.8 Å². The van der Waals surface area contributed by atoms with Gasteiger partial charge in [-0.2, -0.15) is 0 Å². The predicted octanol–water partition coefficient (Wildman–Crippen LogP) is 2.93. The molecule has 0 aromatic carbocycles. The van der Waals surface area contributed by atoms with Gasteiger partial charge in [0.2, 0.25) is 5.91 Å². The molecule has 5 N–H and O–H groups in total. The van der Waals surface area contributed by atoms with Crippen LogP contribution in [0.4, 0.5) is 0 Å². The number of ether oxygens (including phenoxy) is 8. The second-order valence-electron chi connectivity index (χ2n) is 19.6. The molecule has 17 nitrogen and oxygen atoms in total. The number of hydrogen-bond donors (Lipinski definition) is 5. The van der Waals surface area contributed by atoms with Gasteiger partial charge in [0.25, 0.3) is 0 Å². The van der Waals surface area contributed by atoms with Gasteiger partial charge in [-0.05, 0) is 94.3 Å². The standard InChI is InChI=1S/C45H83N3O14/c1-17-32-45(12,54)37(51)29(8)47-40(52)25(4)21-43(10,55-15)38(62-42-35(50)31(48(13)14)20-26(5)57-42)27(6)36(28(7)41(53)59-32)61-34-22-44(11,56-16)39(30(9)58-34)60-33(49)18-19-46-23-24(2)3/h24-32,34-39,42,46,50-51,54H,17-23H2,1-16H3,(H,47,52)/t25-,26-,27+,28-,29-,30+,31+,32-,34+,35-,36+,37-,38-,39+,42+,43-,44-,45-/m1/s1. The summed E-state index contributed by atoms with van der Waals surface area (Å²) in [6, 6.07) is -1.25. The molecule has 3 saturated heterocycles. The van der Waals surface area contributed by atoms with Gasteiger partial charge in [-0.25, -0.2) is 0 Å². The van der Waals surface area contributed by atoms with Gasteiger partial charge in [0.05, 0.1) is 48.4 Å². The molecule has 0 unspecified atom stereocenters. The Hall–Kier alpha value is -2.03. The molecule has 3 fully saturated rings. The number of esters is 2. The first kappa shape index (κ1) is 54.3. The molecule has 0 spiro atoms. The highest BCUT2D eigenvalue weighted by Crippen LogP contribution is 2.41. The fraction of sp³-hybridized carbons (Fsp3) is 0.933. The molecular formula is C45H83N3O14. The van der Waals surface area contributed by atoms with Crippen molar-refractivity contribution in [3.63, 3.8) is 0 Å². The van der Waals surface area contributed by atoms with Crippen LogP contribution in [0, 0.1) is 23.7 Å². The molecule has 3 aliphatic heterocycles. The van der Waals surface area contributed by atoms with Crippen molar-refractivity contribution in [3.05, 3.63) is 0 Å². The van der Waals surface area contributed by atoms with E-state index >= 15 is 0 Å². The zero-order chi connectivity index (χ0) is 47.1. The van der Waals surface area contributed by atoms with Crippen LogP contribution in [-0.4, -0.2) is 170 Å². The Labute approximate surface area is 370 Å². The Bertz CT molecular complexity index is 1440. The molecule has 3 heterocycles. The molecular weight excluding hydrogens is 807 g/mol. The Kier molecular flexibility index (Phi) is 20.1. The second kappa shape index (κ2) is 22.9. The van der Waals surface area contributed by atoms with Gasteiger partial charge in [-0.1, -0.05) is 34.6 Å². The number of aliphatic hydroxyl groups excluding tert-OH is 2. The molecule has 17 heteroatoms. The lowest BCUT2D eigenvalue weighted by Crippen LogP contribution is -2.61. The second-order valence-corrected chi connectivity index (χ2v) is 19.6. The van der Waals surface area contributed by atoms with Crippen molar-refractivity contribution >= 4 is 17.8 Å². The first-order chi connectivity index (χ1) is 28.8. The van der Waals surface area contributed by atoms with Crippen LogP contribution >= 0.6 is 0 Å². The van der Waals surface area contributed by atoms with Crippen LogP contribution < -0.4 is 10.6 Å². The Morgan fingerprint density at radius 2 is 1.56 bits per heavy atom. The molecule has 0 saturated carbocycles. The third kappa shape index (κ3) is 13.3. The topological polar surface area (TPSA) is 213 Å². The van der Waals surface area contributed by atoms with E-state index in [0.29, 0.717) is 18.9 Å². The summed E-state index contributed by atoms with van der Waals surface area (Å²) in [5, 5.41) is 41.0. The van der Waals surface area contributed by atoms with E-state index in [0.717, 1.165) is 6.54 Å². The summed E-state index contributed by atoms with van der Waals surface area (Å²) >= 11 is 0. The van der Waals surface area contributed by atoms with Gasteiger partial charge in [0, 0.05) is 45.1 Å². The van der Waals surface area contributed by atoms with Crippen LogP contribution in [0.1, 0.15) is 115 Å². The Morgan fingerprint density at radius 1 is 0.952 bits per heavy atom. The van der Waals surface area contributed by atoms with Crippen molar-refractivity contribution in [2.75, 3.05) is 41.4 Å². The average Bonchev–Trinajstić information content (AvgIpc) is 3.20. The number of likely N-dealkylation sites (N-methyl/N-ethyl adjacent to an activating group) is 1. The zero-order valence-electron chi connectivity index (χ0n) is 40.5. The monoisotopic (exact) mass is 890 g/mol. The van der Waals surface area contributed by atoms with Crippen molar-refractivity contribution in [1.82, 2.24) is 15.5 Å². The summed E-state index contributed by atoms with van der Waals surface area (Å²) in [4.78, 5) is 43.3. The minimum atomic E-state index is -1.97. The maximum atomic E-state index is 14.5. The number of hydrogen-bond acceptors (Lipinski definition) is 16. The highest BCUT2D eigenvalue weighted by atomic mass is 16.7. The summed E-state index contributed by atoms with van der Waals surface area (Å²) in [7, 11) is 6.79. The van der Waals surface area contributed by atoms with Crippen LogP contribution in [0.15, 0.2) is 0 Å². The van der Waals surface area contributed by atoms with Gasteiger partial charge in [-0.15, -0.1) is 0 Å². The number of nitrogens with one attached hydrogen (secondary N) is 2. The lowest BCUT2D eigenvalue weighted by atomic mass is 9.77. The molecule has 362 valence electrons. The van der Waals surface area contributed by atoms with Gasteiger partial charge in [-0.3, -0.25) is 14.4 Å². The fourth-order valence-corrected chi connectivity index (χ4v) is 9.41. The van der Waals surface area contributed by atoms with Crippen LogP contribution in [0.3, 0.4) is 0 Å². The van der Waals surface area contributed by atoms with Crippen LogP contribution in [0.25, 0.3) is 0 Å². The number of cyclic esters (lactones) is 1. The zero-order valence-corrected chi connectivity index (χ0v) is 40.5. The van der Waals surface area contributed by atoms with E-state index in [9.17, 15) is 29.7 Å². The molecule has 62 heavy (non-hydrogen) atoms. The molecule has 0 radical (unpaired) electrons. The maximum absolute atomic E-state index is 14.5. The van der Waals surface area contributed by atoms with Crippen molar-refractivity contribution < 1.29 is 67.6 Å². The third-order valence-electron chi connectivity index (χ3n) is 13.4. The molecule has 0 aromatic heterocycles. The highest BCUT2D eigenvalue weighted by molar-refractivity contribution is 5.78. The number of aliphatic hydroxyl groups is 3. The number of carbonyl (C=O) groups excluding carboxylic acids is 3. The van der Waals surface area contributed by atoms with Crippen LogP contribution in [0.5, 0.6) is 0 Å². The number of carbonyl (C=O) groups is 3. The van der Waals surface area contributed by atoms with E-state index in [1.807, 2.05) is 39.8 Å². The van der Waals surface area contributed by atoms with Crippen molar-refractivity contribution in [2.45, 2.75) is 205 Å². The SMILES string of the molecule is CC[C@H]1OC(=O)[C@H](C)[C@@H](O[C@H]2C[C@@](C)(OC)[C@@H](OC(=O)CCNCC(C)C)[C@H](C)O2)[C@H](C)[C@@H](O[C@@H]2O[C@H](C)C[C@H](N(C)C)[C@H]2O)[C@](C)(OC)C[C@@H](C)C(=O)N[C@H](C)[C@@H](O)[C@]1(C)O. The van der Waals surface area contributed by atoms with E-state index in [2.05, 4.69) is 24.5 Å². The summed E-state index contributed by atoms with van der Waals surface area (Å²) < 4.78 is 51.0. The molecule has 0 aromatic rings. The minimum absolute atomic E-state index is 0.0842. The molecule has 3 rings (SSSR count). The summed E-state index contributed by atoms with van der Waals surface area (Å²) in [6.07, 6.45) is -8.80. The number of rotatable bonds is 14. The fourth-order valence-electron chi connectivity index (χ4n) is 9.41. The molecule has 18 atom stereocenters. The largest absolute Gasteiger partial charge is 0.459 e. The first-order valence-electron chi connectivity index (χ1n) is 22.6.